The molecule has 126 valence electrons. The van der Waals surface area contributed by atoms with Gasteiger partial charge in [0, 0.05) is 0 Å². The van der Waals surface area contributed by atoms with Gasteiger partial charge in [-0.05, 0) is 0 Å². The molecule has 0 aliphatic heterocycles. The van der Waals surface area contributed by atoms with Crippen LogP contribution in [0.4, 0.5) is 0 Å². The first kappa shape index (κ1) is 33.2. The molecule has 0 amide bonds. The van der Waals surface area contributed by atoms with Crippen LogP contribution < -0.4 is 0 Å². The Balaban J connectivity index is -0.0000000597. The number of allylic oxidation sites excluding steroid dienone is 6. The molecule has 0 fully saturated rings. The Morgan fingerprint density at radius 3 is 1.32 bits per heavy atom. The number of rotatable bonds is 1. The molecule has 0 aromatic rings. The second-order valence-electron chi connectivity index (χ2n) is 4.64. The molecular weight excluding hydrogens is 306 g/mol. The molecule has 0 bridgehead atoms. The summed E-state index contributed by atoms with van der Waals surface area (Å²) in [6.45, 7) is 11.1. The predicted molar refractivity (Wildman–Crippen MR) is 101 cm³/mol. The van der Waals surface area contributed by atoms with Gasteiger partial charge in [0.2, 0.25) is 0 Å². The van der Waals surface area contributed by atoms with E-state index in [4.69, 9.17) is 0 Å². The third-order valence-electron chi connectivity index (χ3n) is 1.50. The van der Waals surface area contributed by atoms with Gasteiger partial charge in [-0.15, -0.1) is 0 Å². The zero-order valence-corrected chi connectivity index (χ0v) is 17.4. The first-order valence-corrected chi connectivity index (χ1v) is 6.80. The van der Waals surface area contributed by atoms with Crippen LogP contribution in [-0.4, -0.2) is 42.3 Å². The molecule has 0 unspecified atom stereocenters. The Morgan fingerprint density at radius 2 is 1.23 bits per heavy atom. The zero-order chi connectivity index (χ0) is 17.6. The Kier molecular flexibility index (Phi) is 49.1. The molecule has 1 aliphatic carbocycles. The van der Waals surface area contributed by atoms with E-state index in [2.05, 4.69) is 55.1 Å². The Bertz CT molecular complexity index is 236. The first-order valence-electron chi connectivity index (χ1n) is 6.80. The fourth-order valence-electron chi connectivity index (χ4n) is 0.763. The predicted octanol–water partition coefficient (Wildman–Crippen LogP) is 5.55. The summed E-state index contributed by atoms with van der Waals surface area (Å²) in [4.78, 5) is 0. The van der Waals surface area contributed by atoms with Crippen molar-refractivity contribution in [1.82, 2.24) is 0 Å². The van der Waals surface area contributed by atoms with Crippen LogP contribution in [-0.2, 0) is 21.7 Å². The van der Waals surface area contributed by atoms with Crippen molar-refractivity contribution in [1.29, 1.82) is 0 Å². The maximum Gasteiger partial charge on any atom is 4.00 e. The summed E-state index contributed by atoms with van der Waals surface area (Å²) in [7, 11) is 10.5. The maximum absolute atomic E-state index is 3.50. The molecule has 0 atom stereocenters. The third-order valence-corrected chi connectivity index (χ3v) is 1.50. The molecule has 0 spiro atoms. The van der Waals surface area contributed by atoms with E-state index in [1.165, 1.54) is 0 Å². The van der Waals surface area contributed by atoms with Crippen LogP contribution in [0.25, 0.3) is 16.0 Å². The van der Waals surface area contributed by atoms with Crippen LogP contribution in [0.15, 0.2) is 43.5 Å². The molecule has 0 saturated carbocycles. The smallest absolute Gasteiger partial charge is 0.668 e. The van der Waals surface area contributed by atoms with Crippen LogP contribution in [0.3, 0.4) is 0 Å². The van der Waals surface area contributed by atoms with E-state index < -0.39 is 0 Å². The minimum atomic E-state index is 0. The van der Waals surface area contributed by atoms with E-state index in [1.54, 1.807) is 54.4 Å². The summed E-state index contributed by atoms with van der Waals surface area (Å²) in [5, 5.41) is 10.5. The molecule has 0 aromatic carbocycles. The van der Waals surface area contributed by atoms with Gasteiger partial charge in [-0.3, -0.25) is 6.08 Å². The van der Waals surface area contributed by atoms with E-state index in [9.17, 15) is 0 Å². The van der Waals surface area contributed by atoms with Crippen molar-refractivity contribution in [3.63, 3.8) is 0 Å². The van der Waals surface area contributed by atoms with Crippen LogP contribution in [0, 0.1) is 11.5 Å². The topological polar surface area (TPSA) is 42.3 Å². The van der Waals surface area contributed by atoms with Crippen molar-refractivity contribution in [2.24, 2.45) is 5.41 Å². The summed E-state index contributed by atoms with van der Waals surface area (Å²) < 4.78 is 0. The quantitative estimate of drug-likeness (QED) is 0.341. The summed E-state index contributed by atoms with van der Waals surface area (Å²) in [6, 6.07) is 0. The van der Waals surface area contributed by atoms with Gasteiger partial charge in [0.1, 0.15) is 0 Å². The number of hydrogen-bond donors (Lipinski definition) is 0. The average Bonchev–Trinajstić information content (AvgIpc) is 2.41. The minimum absolute atomic E-state index is 0. The normalized spacial score (nSPS) is 12.0. The van der Waals surface area contributed by atoms with Crippen molar-refractivity contribution in [2.75, 3.05) is 42.3 Å². The van der Waals surface area contributed by atoms with E-state index in [1.807, 2.05) is 12.2 Å². The van der Waals surface area contributed by atoms with Crippen molar-refractivity contribution in [3.8, 4) is 0 Å². The molecule has 1 rings (SSSR count). The summed E-state index contributed by atoms with van der Waals surface area (Å²) >= 11 is 0. The summed E-state index contributed by atoms with van der Waals surface area (Å²) in [5.74, 6) is 0. The van der Waals surface area contributed by atoms with Crippen LogP contribution in [0.2, 0.25) is 0 Å². The van der Waals surface area contributed by atoms with Gasteiger partial charge < -0.3 is 16.0 Å². The fraction of sp³-hybridized carbons (Fsp3) is 0.556. The minimum Gasteiger partial charge on any atom is -0.668 e. The van der Waals surface area contributed by atoms with Gasteiger partial charge in [-0.2, -0.15) is 48.4 Å². The van der Waals surface area contributed by atoms with Gasteiger partial charge in [-0.25, -0.2) is 12.2 Å². The molecule has 0 aromatic heterocycles. The van der Waals surface area contributed by atoms with E-state index in [0.29, 0.717) is 0 Å². The van der Waals surface area contributed by atoms with Crippen LogP contribution >= 0.6 is 0 Å². The van der Waals surface area contributed by atoms with Crippen molar-refractivity contribution in [3.05, 3.63) is 65.6 Å². The molecular formula is C18H35N3Ti. The van der Waals surface area contributed by atoms with Crippen molar-refractivity contribution in [2.45, 2.75) is 20.3 Å². The first-order chi connectivity index (χ1) is 9.86. The Hall–Kier alpha value is -0.446. The number of hydrogen-bond acceptors (Lipinski definition) is 0. The second-order valence-corrected chi connectivity index (χ2v) is 4.64. The SMILES string of the molecule is C=CC=C.CC1(C)[C-]=CC=CC1.C[N-]C.C[N-]C.C[N-]C.[Ti+4]. The third kappa shape index (κ3) is 60.4. The Morgan fingerprint density at radius 1 is 0.909 bits per heavy atom. The van der Waals surface area contributed by atoms with Crippen LogP contribution in [0.1, 0.15) is 20.3 Å². The van der Waals surface area contributed by atoms with Crippen molar-refractivity contribution >= 4 is 0 Å². The van der Waals surface area contributed by atoms with Gasteiger partial charge >= 0.3 is 21.7 Å². The van der Waals surface area contributed by atoms with Gasteiger partial charge in [-0.1, -0.05) is 51.0 Å². The number of nitrogens with zero attached hydrogens (tertiary/aromatic N) is 3. The van der Waals surface area contributed by atoms with Gasteiger partial charge in [0.05, 0.1) is 0 Å². The van der Waals surface area contributed by atoms with Crippen molar-refractivity contribution < 1.29 is 21.7 Å². The molecule has 4 heteroatoms. The molecule has 0 heterocycles. The molecule has 1 aliphatic rings. The summed E-state index contributed by atoms with van der Waals surface area (Å²) in [5.41, 5.74) is 0.286. The zero-order valence-electron chi connectivity index (χ0n) is 15.8. The monoisotopic (exact) mass is 341 g/mol. The average molecular weight is 341 g/mol. The maximum atomic E-state index is 3.50. The van der Waals surface area contributed by atoms with E-state index in [0.717, 1.165) is 6.42 Å². The molecule has 0 radical (unpaired) electrons. The molecule has 0 saturated heterocycles. The molecule has 3 nitrogen and oxygen atoms in total. The Labute approximate surface area is 155 Å². The summed E-state index contributed by atoms with van der Waals surface area (Å²) in [6.07, 6.45) is 13.9. The fourth-order valence-corrected chi connectivity index (χ4v) is 0.763. The van der Waals surface area contributed by atoms with Gasteiger partial charge in [0.25, 0.3) is 0 Å². The van der Waals surface area contributed by atoms with E-state index in [-0.39, 0.29) is 27.1 Å². The van der Waals surface area contributed by atoms with E-state index >= 15 is 0 Å². The molecule has 0 N–H and O–H groups in total. The standard InChI is InChI=1S/C8H11.C4H6.3C2H6N.Ti/c1-8(2)6-4-3-5-7-8;1-3-4-2;3*1-3-2;/h3-5H,6H2,1-2H3;3-4H,1-2H2;3*1-2H3;/q-1;;3*-1;+4. The molecule has 22 heavy (non-hydrogen) atoms. The van der Waals surface area contributed by atoms with Gasteiger partial charge in [0.15, 0.2) is 0 Å². The second kappa shape index (κ2) is 32.5. The largest absolute Gasteiger partial charge is 4.00 e. The van der Waals surface area contributed by atoms with Crippen LogP contribution in [0.5, 0.6) is 0 Å².